The zero-order chi connectivity index (χ0) is 22.6. The van der Waals surface area contributed by atoms with Gasteiger partial charge in [0, 0.05) is 47.3 Å². The predicted molar refractivity (Wildman–Crippen MR) is 127 cm³/mol. The van der Waals surface area contributed by atoms with Crippen molar-refractivity contribution in [3.63, 3.8) is 0 Å². The van der Waals surface area contributed by atoms with Crippen LogP contribution >= 0.6 is 15.9 Å². The van der Waals surface area contributed by atoms with Crippen LogP contribution in [-0.2, 0) is 10.0 Å². The lowest BCUT2D eigenvalue weighted by atomic mass is 9.76. The van der Waals surface area contributed by atoms with E-state index in [9.17, 15) is 8.42 Å². The van der Waals surface area contributed by atoms with Gasteiger partial charge in [-0.2, -0.15) is 0 Å². The molecule has 3 aromatic heterocycles. The molecule has 1 atom stereocenters. The highest BCUT2D eigenvalue weighted by Crippen LogP contribution is 2.42. The number of aromatic nitrogens is 4. The van der Waals surface area contributed by atoms with E-state index in [1.54, 1.807) is 24.7 Å². The molecule has 4 aromatic rings. The van der Waals surface area contributed by atoms with Crippen LogP contribution in [0.5, 0.6) is 0 Å². The van der Waals surface area contributed by atoms with E-state index in [0.29, 0.717) is 5.69 Å². The molecule has 0 aliphatic rings. The first-order valence-electron chi connectivity index (χ1n) is 9.77. The lowest BCUT2D eigenvalue weighted by Gasteiger charge is -2.28. The molecule has 0 aliphatic carbocycles. The number of pyridine rings is 2. The Morgan fingerprint density at radius 2 is 1.50 bits per heavy atom. The molecule has 9 heteroatoms. The van der Waals surface area contributed by atoms with Crippen LogP contribution in [0.4, 0.5) is 5.95 Å². The van der Waals surface area contributed by atoms with Crippen molar-refractivity contribution >= 4 is 31.9 Å². The second-order valence-corrected chi connectivity index (χ2v) is 9.93. The lowest BCUT2D eigenvalue weighted by Crippen LogP contribution is -2.18. The summed E-state index contributed by atoms with van der Waals surface area (Å²) in [4.78, 5) is 17.3. The van der Waals surface area contributed by atoms with Gasteiger partial charge in [0.1, 0.15) is 0 Å². The molecule has 1 unspecified atom stereocenters. The number of nitrogens with one attached hydrogen (secondary N) is 1. The Balaban J connectivity index is 1.94. The van der Waals surface area contributed by atoms with Crippen molar-refractivity contribution in [2.45, 2.75) is 11.8 Å². The van der Waals surface area contributed by atoms with E-state index < -0.39 is 10.0 Å². The predicted octanol–water partition coefficient (Wildman–Crippen LogP) is 4.36. The maximum absolute atomic E-state index is 11.8. The number of benzene rings is 1. The Hall–Kier alpha value is -3.17. The molecular weight excluding hydrogens is 490 g/mol. The second kappa shape index (κ2) is 9.54. The monoisotopic (exact) mass is 509 g/mol. The Bertz CT molecular complexity index is 1260. The van der Waals surface area contributed by atoms with E-state index in [1.165, 1.54) is 0 Å². The van der Waals surface area contributed by atoms with Gasteiger partial charge in [0.05, 0.1) is 11.9 Å². The van der Waals surface area contributed by atoms with Gasteiger partial charge in [0.25, 0.3) is 0 Å². The summed E-state index contributed by atoms with van der Waals surface area (Å²) in [6, 6.07) is 17.6. The van der Waals surface area contributed by atoms with Crippen LogP contribution in [0.1, 0.15) is 34.2 Å². The smallest absolute Gasteiger partial charge is 0.236 e. The molecule has 32 heavy (non-hydrogen) atoms. The van der Waals surface area contributed by atoms with Gasteiger partial charge in [0.2, 0.25) is 16.0 Å². The molecule has 0 fully saturated rings. The topological polar surface area (TPSA) is 97.7 Å². The van der Waals surface area contributed by atoms with Crippen molar-refractivity contribution < 1.29 is 8.42 Å². The number of rotatable bonds is 7. The first kappa shape index (κ1) is 22.0. The third kappa shape index (κ3) is 5.35. The summed E-state index contributed by atoms with van der Waals surface area (Å²) >= 11 is 3.57. The van der Waals surface area contributed by atoms with Gasteiger partial charge in [-0.25, -0.2) is 18.4 Å². The zero-order valence-electron chi connectivity index (χ0n) is 17.1. The quantitative estimate of drug-likeness (QED) is 0.397. The fourth-order valence-corrected chi connectivity index (χ4v) is 4.54. The van der Waals surface area contributed by atoms with Crippen molar-refractivity contribution in [1.82, 2.24) is 19.9 Å². The Labute approximate surface area is 195 Å². The van der Waals surface area contributed by atoms with Crippen LogP contribution in [0.2, 0.25) is 0 Å². The highest BCUT2D eigenvalue weighted by molar-refractivity contribution is 9.10. The maximum atomic E-state index is 11.8. The average molecular weight is 510 g/mol. The fraction of sp³-hybridized carbons (Fsp3) is 0.130. The first-order chi connectivity index (χ1) is 15.4. The number of nitrogens with zero attached hydrogens (tertiary/aromatic N) is 4. The van der Waals surface area contributed by atoms with E-state index in [1.807, 2.05) is 60.9 Å². The second-order valence-electron chi connectivity index (χ2n) is 7.26. The van der Waals surface area contributed by atoms with Crippen LogP contribution < -0.4 is 4.72 Å². The Kier molecular flexibility index (Phi) is 6.57. The van der Waals surface area contributed by atoms with Crippen LogP contribution in [0.25, 0.3) is 0 Å². The average Bonchev–Trinajstić information content (AvgIpc) is 2.77. The van der Waals surface area contributed by atoms with Gasteiger partial charge in [0.15, 0.2) is 0 Å². The van der Waals surface area contributed by atoms with E-state index in [-0.39, 0.29) is 17.8 Å². The third-order valence-corrected chi connectivity index (χ3v) is 5.95. The lowest BCUT2D eigenvalue weighted by molar-refractivity contribution is 0.606. The standard InChI is InChI=1S/C23H20BrN5O2S/c1-32(30,31)29-23-27-12-9-20(28-23)22(16-5-2-8-19(24)13-16)21(17-6-3-10-25-14-17)18-7-4-11-26-15-18/h2-15,21-22H,1H3,(H,27,28,29). The minimum absolute atomic E-state index is 0.0288. The summed E-state index contributed by atoms with van der Waals surface area (Å²) in [5, 5.41) is 0. The van der Waals surface area contributed by atoms with Crippen molar-refractivity contribution in [3.8, 4) is 0 Å². The molecule has 0 bridgehead atoms. The number of hydrogen-bond acceptors (Lipinski definition) is 6. The molecule has 0 saturated heterocycles. The van der Waals surface area contributed by atoms with E-state index in [0.717, 1.165) is 27.4 Å². The zero-order valence-corrected chi connectivity index (χ0v) is 19.5. The van der Waals surface area contributed by atoms with Crippen molar-refractivity contribution in [1.29, 1.82) is 0 Å². The maximum Gasteiger partial charge on any atom is 0.236 e. The van der Waals surface area contributed by atoms with Crippen molar-refractivity contribution in [2.75, 3.05) is 11.0 Å². The molecule has 7 nitrogen and oxygen atoms in total. The molecule has 1 N–H and O–H groups in total. The summed E-state index contributed by atoms with van der Waals surface area (Å²) in [5.74, 6) is -0.405. The van der Waals surface area contributed by atoms with Crippen molar-refractivity contribution in [2.24, 2.45) is 0 Å². The molecule has 3 heterocycles. The van der Waals surface area contributed by atoms with Gasteiger partial charge in [-0.15, -0.1) is 0 Å². The summed E-state index contributed by atoms with van der Waals surface area (Å²) in [7, 11) is -3.52. The van der Waals surface area contributed by atoms with Gasteiger partial charge in [-0.1, -0.05) is 40.2 Å². The molecule has 0 aliphatic heterocycles. The normalized spacial score (nSPS) is 12.5. The fourth-order valence-electron chi connectivity index (χ4n) is 3.69. The summed E-state index contributed by atoms with van der Waals surface area (Å²) in [6.07, 6.45) is 9.76. The summed E-state index contributed by atoms with van der Waals surface area (Å²) in [5.41, 5.74) is 3.64. The van der Waals surface area contributed by atoms with Crippen molar-refractivity contribution in [3.05, 3.63) is 112 Å². The molecular formula is C23H20BrN5O2S. The van der Waals surface area contributed by atoms with Gasteiger partial charge >= 0.3 is 0 Å². The number of anilines is 1. The number of halogens is 1. The van der Waals surface area contributed by atoms with E-state index in [4.69, 9.17) is 0 Å². The molecule has 4 rings (SSSR count). The van der Waals surface area contributed by atoms with Gasteiger partial charge in [-0.3, -0.25) is 14.7 Å². The van der Waals surface area contributed by atoms with Crippen LogP contribution in [0, 0.1) is 0 Å². The van der Waals surface area contributed by atoms with Gasteiger partial charge < -0.3 is 0 Å². The summed E-state index contributed by atoms with van der Waals surface area (Å²) in [6.45, 7) is 0. The van der Waals surface area contributed by atoms with Crippen LogP contribution in [0.15, 0.2) is 90.1 Å². The SMILES string of the molecule is CS(=O)(=O)Nc1nccc(C(c2cccc(Br)c2)C(c2cccnc2)c2cccnc2)n1. The minimum Gasteiger partial charge on any atom is -0.264 e. The summed E-state index contributed by atoms with van der Waals surface area (Å²) < 4.78 is 26.8. The first-order valence-corrected chi connectivity index (χ1v) is 12.5. The highest BCUT2D eigenvalue weighted by Gasteiger charge is 2.30. The molecule has 0 amide bonds. The molecule has 1 aromatic carbocycles. The Morgan fingerprint density at radius 3 is 2.06 bits per heavy atom. The molecule has 0 saturated carbocycles. The van der Waals surface area contributed by atoms with Crippen LogP contribution in [0.3, 0.4) is 0 Å². The third-order valence-electron chi connectivity index (χ3n) is 4.90. The Morgan fingerprint density at radius 1 is 0.844 bits per heavy atom. The van der Waals surface area contributed by atoms with Gasteiger partial charge in [-0.05, 0) is 47.0 Å². The van der Waals surface area contributed by atoms with Crippen LogP contribution in [-0.4, -0.2) is 34.6 Å². The minimum atomic E-state index is -3.52. The largest absolute Gasteiger partial charge is 0.264 e. The molecule has 0 radical (unpaired) electrons. The highest BCUT2D eigenvalue weighted by atomic mass is 79.9. The molecule has 162 valence electrons. The number of sulfonamides is 1. The van der Waals surface area contributed by atoms with E-state index >= 15 is 0 Å². The molecule has 0 spiro atoms. The number of hydrogen-bond donors (Lipinski definition) is 1. The van der Waals surface area contributed by atoms with E-state index in [2.05, 4.69) is 40.6 Å².